The van der Waals surface area contributed by atoms with Crippen LogP contribution in [0.5, 0.6) is 5.75 Å². The zero-order valence-electron chi connectivity index (χ0n) is 13.0. The van der Waals surface area contributed by atoms with Crippen molar-refractivity contribution in [2.24, 2.45) is 13.0 Å². The van der Waals surface area contributed by atoms with Gasteiger partial charge in [-0.2, -0.15) is 5.10 Å². The summed E-state index contributed by atoms with van der Waals surface area (Å²) in [6.07, 6.45) is 1.91. The van der Waals surface area contributed by atoms with E-state index in [2.05, 4.69) is 24.3 Å². The number of methoxy groups -OCH3 is 1. The number of benzene rings is 1. The summed E-state index contributed by atoms with van der Waals surface area (Å²) in [7, 11) is 3.38. The van der Waals surface area contributed by atoms with Crippen LogP contribution in [0.2, 0.25) is 0 Å². The van der Waals surface area contributed by atoms with Crippen molar-refractivity contribution in [3.8, 4) is 17.0 Å². The van der Waals surface area contributed by atoms with Gasteiger partial charge in [-0.15, -0.1) is 0 Å². The maximum atomic E-state index is 14.2. The summed E-state index contributed by atoms with van der Waals surface area (Å²) < 4.78 is 21.2. The van der Waals surface area contributed by atoms with Crippen LogP contribution in [-0.2, 0) is 13.6 Å². The molecule has 0 aliphatic carbocycles. The summed E-state index contributed by atoms with van der Waals surface area (Å²) in [6, 6.07) is 4.81. The van der Waals surface area contributed by atoms with Gasteiger partial charge in [-0.3, -0.25) is 4.68 Å². The molecule has 0 radical (unpaired) electrons. The van der Waals surface area contributed by atoms with Crippen molar-refractivity contribution in [1.82, 2.24) is 15.1 Å². The zero-order valence-corrected chi connectivity index (χ0v) is 13.0. The third kappa shape index (κ3) is 3.61. The first kappa shape index (κ1) is 15.5. The number of halogens is 1. The van der Waals surface area contributed by atoms with Crippen LogP contribution in [0.25, 0.3) is 11.3 Å². The van der Waals surface area contributed by atoms with Crippen LogP contribution in [0, 0.1) is 11.7 Å². The Bertz CT molecular complexity index is 608. The molecule has 0 aliphatic heterocycles. The van der Waals surface area contributed by atoms with Crippen molar-refractivity contribution < 1.29 is 9.13 Å². The lowest BCUT2D eigenvalue weighted by Gasteiger charge is -2.10. The average molecular weight is 291 g/mol. The lowest BCUT2D eigenvalue weighted by Crippen LogP contribution is -2.19. The minimum Gasteiger partial charge on any atom is -0.496 e. The summed E-state index contributed by atoms with van der Waals surface area (Å²) in [5.41, 5.74) is 2.01. The van der Waals surface area contributed by atoms with Crippen molar-refractivity contribution >= 4 is 0 Å². The number of hydrogen-bond donors (Lipinski definition) is 1. The van der Waals surface area contributed by atoms with E-state index >= 15 is 0 Å². The molecule has 1 heterocycles. The predicted octanol–water partition coefficient (Wildman–Crippen LogP) is 2.98. The lowest BCUT2D eigenvalue weighted by atomic mass is 10.1. The molecule has 1 aromatic carbocycles. The van der Waals surface area contributed by atoms with E-state index in [1.165, 1.54) is 13.2 Å². The fraction of sp³-hybridized carbons (Fsp3) is 0.438. The van der Waals surface area contributed by atoms with Crippen LogP contribution in [0.15, 0.2) is 24.4 Å². The Morgan fingerprint density at radius 3 is 2.81 bits per heavy atom. The molecule has 5 heteroatoms. The first-order chi connectivity index (χ1) is 10.0. The number of aryl methyl sites for hydroxylation is 1. The van der Waals surface area contributed by atoms with Gasteiger partial charge in [0.25, 0.3) is 0 Å². The van der Waals surface area contributed by atoms with Crippen molar-refractivity contribution in [1.29, 1.82) is 0 Å². The molecule has 0 saturated heterocycles. The van der Waals surface area contributed by atoms with E-state index in [-0.39, 0.29) is 5.82 Å². The van der Waals surface area contributed by atoms with Crippen LogP contribution >= 0.6 is 0 Å². The Morgan fingerprint density at radius 2 is 2.14 bits per heavy atom. The zero-order chi connectivity index (χ0) is 15.4. The van der Waals surface area contributed by atoms with Crippen molar-refractivity contribution in [2.75, 3.05) is 13.7 Å². The summed E-state index contributed by atoms with van der Waals surface area (Å²) in [4.78, 5) is 0. The fourth-order valence-corrected chi connectivity index (χ4v) is 2.28. The number of nitrogens with one attached hydrogen (secondary N) is 1. The standard InChI is InChI=1S/C16H22FN3O/c1-11(2)8-18-9-12-10-20(3)19-16(12)15-13(17)6-5-7-14(15)21-4/h5-7,10-11,18H,8-9H2,1-4H3. The molecular formula is C16H22FN3O. The minimum absolute atomic E-state index is 0.321. The van der Waals surface area contributed by atoms with Crippen LogP contribution in [0.4, 0.5) is 4.39 Å². The molecule has 21 heavy (non-hydrogen) atoms. The van der Waals surface area contributed by atoms with E-state index in [1.54, 1.807) is 16.8 Å². The highest BCUT2D eigenvalue weighted by atomic mass is 19.1. The third-order valence-electron chi connectivity index (χ3n) is 3.20. The Balaban J connectivity index is 2.36. The second kappa shape index (κ2) is 6.72. The first-order valence-electron chi connectivity index (χ1n) is 7.09. The quantitative estimate of drug-likeness (QED) is 0.889. The first-order valence-corrected chi connectivity index (χ1v) is 7.09. The molecule has 0 amide bonds. The van der Waals surface area contributed by atoms with Gasteiger partial charge in [0.15, 0.2) is 0 Å². The van der Waals surface area contributed by atoms with Crippen molar-refractivity contribution in [3.63, 3.8) is 0 Å². The molecule has 4 nitrogen and oxygen atoms in total. The Kier molecular flexibility index (Phi) is 4.96. The van der Waals surface area contributed by atoms with E-state index in [0.717, 1.165) is 12.1 Å². The topological polar surface area (TPSA) is 39.1 Å². The van der Waals surface area contributed by atoms with E-state index < -0.39 is 0 Å². The molecular weight excluding hydrogens is 269 g/mol. The number of hydrogen-bond acceptors (Lipinski definition) is 3. The van der Waals surface area contributed by atoms with E-state index in [9.17, 15) is 4.39 Å². The van der Waals surface area contributed by atoms with Gasteiger partial charge >= 0.3 is 0 Å². The maximum Gasteiger partial charge on any atom is 0.136 e. The Hall–Kier alpha value is -1.88. The van der Waals surface area contributed by atoms with Gasteiger partial charge in [-0.05, 0) is 24.6 Å². The van der Waals surface area contributed by atoms with Gasteiger partial charge in [0.05, 0.1) is 12.7 Å². The number of nitrogens with zero attached hydrogens (tertiary/aromatic N) is 2. The molecule has 0 saturated carbocycles. The molecule has 0 bridgehead atoms. The Labute approximate surface area is 124 Å². The fourth-order valence-electron chi connectivity index (χ4n) is 2.28. The van der Waals surface area contributed by atoms with Gasteiger partial charge in [-0.25, -0.2) is 4.39 Å². The van der Waals surface area contributed by atoms with Crippen LogP contribution in [0.1, 0.15) is 19.4 Å². The normalized spacial score (nSPS) is 11.1. The summed E-state index contributed by atoms with van der Waals surface area (Å²) in [5.74, 6) is 0.741. The molecule has 0 spiro atoms. The maximum absolute atomic E-state index is 14.2. The number of rotatable bonds is 6. The van der Waals surface area contributed by atoms with Gasteiger partial charge < -0.3 is 10.1 Å². The number of ether oxygens (including phenoxy) is 1. The van der Waals surface area contributed by atoms with Gasteiger partial charge in [0.1, 0.15) is 17.3 Å². The summed E-state index contributed by atoms with van der Waals surface area (Å²) in [6.45, 7) is 5.86. The highest BCUT2D eigenvalue weighted by Gasteiger charge is 2.18. The lowest BCUT2D eigenvalue weighted by molar-refractivity contribution is 0.413. The molecule has 0 aliphatic rings. The molecule has 2 rings (SSSR count). The van der Waals surface area contributed by atoms with Crippen molar-refractivity contribution in [3.05, 3.63) is 35.8 Å². The molecule has 0 unspecified atom stereocenters. The molecule has 1 N–H and O–H groups in total. The van der Waals surface area contributed by atoms with Crippen LogP contribution < -0.4 is 10.1 Å². The SMILES string of the molecule is COc1cccc(F)c1-c1nn(C)cc1CNCC(C)C. The van der Waals surface area contributed by atoms with Crippen LogP contribution in [0.3, 0.4) is 0 Å². The second-order valence-electron chi connectivity index (χ2n) is 5.52. The van der Waals surface area contributed by atoms with E-state index in [4.69, 9.17) is 4.74 Å². The molecule has 1 aromatic heterocycles. The highest BCUT2D eigenvalue weighted by molar-refractivity contribution is 5.70. The third-order valence-corrected chi connectivity index (χ3v) is 3.20. The smallest absolute Gasteiger partial charge is 0.136 e. The number of aromatic nitrogens is 2. The largest absolute Gasteiger partial charge is 0.496 e. The van der Waals surface area contributed by atoms with Gasteiger partial charge in [-0.1, -0.05) is 19.9 Å². The van der Waals surface area contributed by atoms with Gasteiger partial charge in [0.2, 0.25) is 0 Å². The summed E-state index contributed by atoms with van der Waals surface area (Å²) in [5, 5.41) is 7.77. The average Bonchev–Trinajstić information content (AvgIpc) is 2.78. The van der Waals surface area contributed by atoms with Crippen LogP contribution in [-0.4, -0.2) is 23.4 Å². The Morgan fingerprint density at radius 1 is 1.38 bits per heavy atom. The monoisotopic (exact) mass is 291 g/mol. The minimum atomic E-state index is -0.321. The van der Waals surface area contributed by atoms with Crippen molar-refractivity contribution in [2.45, 2.75) is 20.4 Å². The van der Waals surface area contributed by atoms with E-state index in [0.29, 0.717) is 29.5 Å². The summed E-state index contributed by atoms with van der Waals surface area (Å²) >= 11 is 0. The second-order valence-corrected chi connectivity index (χ2v) is 5.52. The molecule has 114 valence electrons. The predicted molar refractivity (Wildman–Crippen MR) is 81.7 cm³/mol. The molecule has 0 atom stereocenters. The van der Waals surface area contributed by atoms with E-state index in [1.807, 2.05) is 13.2 Å². The molecule has 2 aromatic rings. The molecule has 0 fully saturated rings. The highest BCUT2D eigenvalue weighted by Crippen LogP contribution is 2.33. The van der Waals surface area contributed by atoms with Gasteiger partial charge in [0, 0.05) is 25.4 Å².